The second kappa shape index (κ2) is 9.54. The lowest BCUT2D eigenvalue weighted by Crippen LogP contribution is -2.39. The molecule has 1 rings (SSSR count). The molecular weight excluding hydrogens is 316 g/mol. The van der Waals surface area contributed by atoms with Gasteiger partial charge < -0.3 is 15.2 Å². The molecule has 0 spiro atoms. The van der Waals surface area contributed by atoms with Crippen LogP contribution in [0.25, 0.3) is 0 Å². The molecule has 2 N–H and O–H groups in total. The van der Waals surface area contributed by atoms with Crippen molar-refractivity contribution in [2.75, 3.05) is 24.6 Å². The van der Waals surface area contributed by atoms with E-state index in [0.717, 1.165) is 29.9 Å². The van der Waals surface area contributed by atoms with Crippen LogP contribution >= 0.6 is 0 Å². The second-order valence-electron chi connectivity index (χ2n) is 5.10. The van der Waals surface area contributed by atoms with Gasteiger partial charge in [-0.15, -0.1) is 0 Å². The largest absolute Gasteiger partial charge is 0.361 e. The molecule has 0 saturated heterocycles. The molecule has 0 radical (unpaired) electrons. The molecule has 1 heterocycles. The van der Waals surface area contributed by atoms with Crippen LogP contribution in [-0.2, 0) is 29.2 Å². The maximum Gasteiger partial charge on any atom is 0.191 e. The number of nitrogens with zero attached hydrogens (tertiary/aromatic N) is 2. The van der Waals surface area contributed by atoms with E-state index in [9.17, 15) is 8.42 Å². The number of nitrogens with one attached hydrogen (secondary N) is 2. The summed E-state index contributed by atoms with van der Waals surface area (Å²) in [7, 11) is -2.98. The lowest BCUT2D eigenvalue weighted by Gasteiger charge is -2.11. The number of hydrogen-bond donors (Lipinski definition) is 2. The highest BCUT2D eigenvalue weighted by atomic mass is 32.2. The summed E-state index contributed by atoms with van der Waals surface area (Å²) < 4.78 is 28.4. The number of sulfone groups is 1. The zero-order valence-electron chi connectivity index (χ0n) is 14.5. The van der Waals surface area contributed by atoms with E-state index >= 15 is 0 Å². The second-order valence-corrected chi connectivity index (χ2v) is 7.57. The molecule has 1 aromatic rings. The summed E-state index contributed by atoms with van der Waals surface area (Å²) in [4.78, 5) is 4.52. The van der Waals surface area contributed by atoms with Crippen molar-refractivity contribution >= 4 is 15.8 Å². The van der Waals surface area contributed by atoms with Gasteiger partial charge in [0.25, 0.3) is 0 Å². The van der Waals surface area contributed by atoms with E-state index in [0.29, 0.717) is 25.6 Å². The Bertz CT molecular complexity index is 587. The molecule has 132 valence electrons. The molecule has 0 fully saturated rings. The third kappa shape index (κ3) is 6.21. The minimum atomic E-state index is -2.98. The monoisotopic (exact) mass is 344 g/mol. The van der Waals surface area contributed by atoms with Crippen molar-refractivity contribution in [2.24, 2.45) is 4.99 Å². The first-order valence-electron chi connectivity index (χ1n) is 8.16. The van der Waals surface area contributed by atoms with Crippen molar-refractivity contribution in [3.05, 3.63) is 17.0 Å². The van der Waals surface area contributed by atoms with Crippen LogP contribution < -0.4 is 10.6 Å². The molecule has 8 heteroatoms. The summed E-state index contributed by atoms with van der Waals surface area (Å²) in [5, 5.41) is 10.2. The van der Waals surface area contributed by atoms with Gasteiger partial charge in [0, 0.05) is 30.8 Å². The van der Waals surface area contributed by atoms with Crippen LogP contribution in [0.3, 0.4) is 0 Å². The molecule has 0 saturated carbocycles. The van der Waals surface area contributed by atoms with Crippen molar-refractivity contribution in [3.63, 3.8) is 0 Å². The summed E-state index contributed by atoms with van der Waals surface area (Å²) in [6.45, 7) is 9.18. The summed E-state index contributed by atoms with van der Waals surface area (Å²) >= 11 is 0. The van der Waals surface area contributed by atoms with Crippen molar-refractivity contribution in [1.29, 1.82) is 0 Å². The zero-order chi connectivity index (χ0) is 17.3. The fourth-order valence-electron chi connectivity index (χ4n) is 2.09. The summed E-state index contributed by atoms with van der Waals surface area (Å²) in [6.07, 6.45) is 1.57. The first-order valence-corrected chi connectivity index (χ1v) is 9.98. The standard InChI is InChI=1S/C15H28N4O3S/c1-5-13-12(14(6-2)22-19-13)11-18-15(16-7-3)17-9-10-23(20,21)8-4/h5-11H2,1-4H3,(H2,16,17,18). The Morgan fingerprint density at radius 1 is 1.17 bits per heavy atom. The lowest BCUT2D eigenvalue weighted by atomic mass is 10.1. The van der Waals surface area contributed by atoms with E-state index in [1.165, 1.54) is 0 Å². The predicted octanol–water partition coefficient (Wildman–Crippen LogP) is 1.29. The van der Waals surface area contributed by atoms with Crippen LogP contribution in [0.1, 0.15) is 44.7 Å². The van der Waals surface area contributed by atoms with Crippen LogP contribution in [0.4, 0.5) is 0 Å². The molecule has 0 atom stereocenters. The quantitative estimate of drug-likeness (QED) is 0.517. The number of aryl methyl sites for hydroxylation is 2. The van der Waals surface area contributed by atoms with Crippen LogP contribution in [0, 0.1) is 0 Å². The highest BCUT2D eigenvalue weighted by molar-refractivity contribution is 7.91. The van der Waals surface area contributed by atoms with Gasteiger partial charge in [0.1, 0.15) is 5.76 Å². The summed E-state index contributed by atoms with van der Waals surface area (Å²) in [6, 6.07) is 0. The van der Waals surface area contributed by atoms with Crippen LogP contribution in [-0.4, -0.2) is 44.1 Å². The number of hydrogen-bond acceptors (Lipinski definition) is 5. The molecule has 0 aliphatic rings. The molecule has 0 amide bonds. The van der Waals surface area contributed by atoms with Gasteiger partial charge in [-0.2, -0.15) is 0 Å². The van der Waals surface area contributed by atoms with Crippen LogP contribution in [0.5, 0.6) is 0 Å². The molecule has 7 nitrogen and oxygen atoms in total. The van der Waals surface area contributed by atoms with Crippen molar-refractivity contribution < 1.29 is 12.9 Å². The van der Waals surface area contributed by atoms with Gasteiger partial charge in [0.2, 0.25) is 0 Å². The predicted molar refractivity (Wildman–Crippen MR) is 92.4 cm³/mol. The molecule has 0 aliphatic carbocycles. The third-order valence-electron chi connectivity index (χ3n) is 3.49. The smallest absolute Gasteiger partial charge is 0.191 e. The molecule has 0 aliphatic heterocycles. The van der Waals surface area contributed by atoms with Gasteiger partial charge in [-0.25, -0.2) is 13.4 Å². The van der Waals surface area contributed by atoms with Gasteiger partial charge in [0.05, 0.1) is 18.0 Å². The normalized spacial score (nSPS) is 12.4. The SMILES string of the molecule is CCNC(=NCc1c(CC)noc1CC)NCCS(=O)(=O)CC. The van der Waals surface area contributed by atoms with E-state index in [4.69, 9.17) is 4.52 Å². The Balaban J connectivity index is 2.73. The van der Waals surface area contributed by atoms with E-state index < -0.39 is 9.84 Å². The third-order valence-corrected chi connectivity index (χ3v) is 5.20. The van der Waals surface area contributed by atoms with Crippen molar-refractivity contribution in [1.82, 2.24) is 15.8 Å². The fourth-order valence-corrected chi connectivity index (χ4v) is 2.79. The number of aromatic nitrogens is 1. The maximum atomic E-state index is 11.5. The molecule has 23 heavy (non-hydrogen) atoms. The Labute approximate surface area is 138 Å². The first kappa shape index (κ1) is 19.5. The Kier molecular flexibility index (Phi) is 8.08. The van der Waals surface area contributed by atoms with Crippen molar-refractivity contribution in [2.45, 2.75) is 47.1 Å². The zero-order valence-corrected chi connectivity index (χ0v) is 15.3. The molecule has 0 aromatic carbocycles. The van der Waals surface area contributed by atoms with E-state index in [1.54, 1.807) is 6.92 Å². The average Bonchev–Trinajstić information content (AvgIpc) is 2.94. The Morgan fingerprint density at radius 3 is 2.48 bits per heavy atom. The molecular formula is C15H28N4O3S. The molecule has 0 unspecified atom stereocenters. The minimum absolute atomic E-state index is 0.0988. The fraction of sp³-hybridized carbons (Fsp3) is 0.733. The lowest BCUT2D eigenvalue weighted by molar-refractivity contribution is 0.380. The highest BCUT2D eigenvalue weighted by Gasteiger charge is 2.13. The maximum absolute atomic E-state index is 11.5. The molecule has 0 bridgehead atoms. The minimum Gasteiger partial charge on any atom is -0.361 e. The highest BCUT2D eigenvalue weighted by Crippen LogP contribution is 2.16. The van der Waals surface area contributed by atoms with E-state index in [2.05, 4.69) is 20.8 Å². The Hall–Kier alpha value is -1.57. The first-order chi connectivity index (χ1) is 11.0. The van der Waals surface area contributed by atoms with Gasteiger partial charge in [-0.3, -0.25) is 0 Å². The van der Waals surface area contributed by atoms with Crippen molar-refractivity contribution in [3.8, 4) is 0 Å². The van der Waals surface area contributed by atoms with Crippen LogP contribution in [0.2, 0.25) is 0 Å². The van der Waals surface area contributed by atoms with E-state index in [1.807, 2.05) is 20.8 Å². The number of rotatable bonds is 9. The average molecular weight is 344 g/mol. The van der Waals surface area contributed by atoms with Gasteiger partial charge in [0.15, 0.2) is 15.8 Å². The molecule has 1 aromatic heterocycles. The number of aliphatic imine (C=N–C) groups is 1. The Morgan fingerprint density at radius 2 is 1.91 bits per heavy atom. The van der Waals surface area contributed by atoms with Gasteiger partial charge in [-0.1, -0.05) is 25.9 Å². The van der Waals surface area contributed by atoms with E-state index in [-0.39, 0.29) is 11.5 Å². The summed E-state index contributed by atoms with van der Waals surface area (Å²) in [5.41, 5.74) is 1.95. The van der Waals surface area contributed by atoms with Gasteiger partial charge in [-0.05, 0) is 13.3 Å². The van der Waals surface area contributed by atoms with Crippen LogP contribution in [0.15, 0.2) is 9.52 Å². The number of guanidine groups is 1. The topological polar surface area (TPSA) is 96.6 Å². The summed E-state index contributed by atoms with van der Waals surface area (Å²) in [5.74, 6) is 1.71. The van der Waals surface area contributed by atoms with Gasteiger partial charge >= 0.3 is 0 Å².